The van der Waals surface area contributed by atoms with Crippen LogP contribution < -0.4 is 34.8 Å². The highest BCUT2D eigenvalue weighted by atomic mass is 16.5. The van der Waals surface area contributed by atoms with Crippen molar-refractivity contribution in [1.29, 1.82) is 0 Å². The minimum atomic E-state index is -0.626. The van der Waals surface area contributed by atoms with Gasteiger partial charge in [-0.05, 0) is 47.5 Å². The van der Waals surface area contributed by atoms with E-state index in [1.165, 1.54) is 27.6 Å². The van der Waals surface area contributed by atoms with Gasteiger partial charge in [0.15, 0.2) is 29.6 Å². The molecule has 200 valence electrons. The van der Waals surface area contributed by atoms with Crippen LogP contribution in [0.4, 0.5) is 0 Å². The van der Waals surface area contributed by atoms with Crippen molar-refractivity contribution in [1.82, 2.24) is 0 Å². The molecule has 0 aliphatic carbocycles. The lowest BCUT2D eigenvalue weighted by Gasteiger charge is -2.26. The van der Waals surface area contributed by atoms with Gasteiger partial charge in [0.2, 0.25) is 5.43 Å². The van der Waals surface area contributed by atoms with Crippen molar-refractivity contribution in [3.05, 3.63) is 76.1 Å². The van der Waals surface area contributed by atoms with Crippen molar-refractivity contribution in [3.63, 3.8) is 0 Å². The van der Waals surface area contributed by atoms with Crippen LogP contribution in [0.1, 0.15) is 23.5 Å². The van der Waals surface area contributed by atoms with Gasteiger partial charge in [-0.2, -0.15) is 0 Å². The fraction of sp³-hybridized carbons (Fsp3) is 0.207. The van der Waals surface area contributed by atoms with Crippen LogP contribution >= 0.6 is 0 Å². The first kappa shape index (κ1) is 25.7. The summed E-state index contributed by atoms with van der Waals surface area (Å²) in [6.07, 6.45) is 1.40. The number of rotatable bonds is 8. The Morgan fingerprint density at radius 3 is 2.36 bits per heavy atom. The summed E-state index contributed by atoms with van der Waals surface area (Å²) in [6.45, 7) is -0.313. The third kappa shape index (κ3) is 4.72. The van der Waals surface area contributed by atoms with E-state index in [1.54, 1.807) is 48.5 Å². The van der Waals surface area contributed by atoms with Crippen molar-refractivity contribution in [2.45, 2.75) is 12.3 Å². The van der Waals surface area contributed by atoms with Gasteiger partial charge in [0.05, 0.1) is 38.7 Å². The van der Waals surface area contributed by atoms with E-state index in [0.29, 0.717) is 62.0 Å². The molecule has 5 rings (SSSR count). The molecule has 1 aliphatic rings. The molecule has 0 fully saturated rings. The number of methoxy groups -OCH3 is 3. The largest absolute Gasteiger partial charge is 0.493 e. The number of ether oxygens (including phenoxy) is 5. The lowest BCUT2D eigenvalue weighted by atomic mass is 9.85. The maximum Gasteiger partial charge on any atom is 0.312 e. The van der Waals surface area contributed by atoms with E-state index in [2.05, 4.69) is 0 Å². The second kappa shape index (κ2) is 10.4. The molecule has 39 heavy (non-hydrogen) atoms. The third-order valence-corrected chi connectivity index (χ3v) is 6.54. The van der Waals surface area contributed by atoms with Crippen LogP contribution in [-0.4, -0.2) is 39.8 Å². The van der Waals surface area contributed by atoms with E-state index in [-0.39, 0.29) is 18.5 Å². The average molecular weight is 532 g/mol. The lowest BCUT2D eigenvalue weighted by molar-refractivity contribution is -0.135. The van der Waals surface area contributed by atoms with Crippen LogP contribution in [-0.2, 0) is 9.59 Å². The molecule has 4 aromatic rings. The van der Waals surface area contributed by atoms with E-state index in [1.807, 2.05) is 0 Å². The summed E-state index contributed by atoms with van der Waals surface area (Å²) in [5.74, 6) is 0.436. The Morgan fingerprint density at radius 1 is 0.923 bits per heavy atom. The molecule has 2 heterocycles. The van der Waals surface area contributed by atoms with Gasteiger partial charge in [-0.1, -0.05) is 12.1 Å². The van der Waals surface area contributed by atoms with Crippen LogP contribution in [0.5, 0.6) is 28.7 Å². The lowest BCUT2D eigenvalue weighted by Crippen LogP contribution is -2.22. The first-order valence-corrected chi connectivity index (χ1v) is 11.9. The molecule has 0 bridgehead atoms. The minimum absolute atomic E-state index is 0.0118. The zero-order chi connectivity index (χ0) is 27.7. The van der Waals surface area contributed by atoms with Gasteiger partial charge in [0.25, 0.3) is 5.91 Å². The van der Waals surface area contributed by atoms with E-state index < -0.39 is 17.8 Å². The highest BCUT2D eigenvalue weighted by molar-refractivity contribution is 5.90. The number of carbonyl (C=O) groups excluding carboxylic acids is 2. The highest BCUT2D eigenvalue weighted by Gasteiger charge is 2.33. The fourth-order valence-electron chi connectivity index (χ4n) is 4.71. The SMILES string of the molecule is COc1ccc(-c2coc3c4c(ccc3c2=O)OC(=O)C[C@H]4c2ccc(OCC(N)=O)c(OC)c2)cc1OC. The second-order valence-electron chi connectivity index (χ2n) is 8.80. The number of esters is 1. The summed E-state index contributed by atoms with van der Waals surface area (Å²) in [5, 5.41) is 0.331. The number of carbonyl (C=O) groups is 2. The van der Waals surface area contributed by atoms with Crippen LogP contribution in [0.15, 0.2) is 64.0 Å². The van der Waals surface area contributed by atoms with Gasteiger partial charge >= 0.3 is 5.97 Å². The summed E-state index contributed by atoms with van der Waals surface area (Å²) >= 11 is 0. The van der Waals surface area contributed by atoms with Crippen molar-refractivity contribution >= 4 is 22.8 Å². The number of benzene rings is 3. The molecule has 0 saturated heterocycles. The monoisotopic (exact) mass is 531 g/mol. The van der Waals surface area contributed by atoms with Crippen molar-refractivity contribution in [2.24, 2.45) is 5.73 Å². The number of amides is 1. The standard InChI is InChI=1S/C29H25NO9/c1-34-20-7-4-16(11-23(20)35-2)19-13-38-29-17(28(19)33)6-9-22-27(29)18(12-26(32)39-22)15-5-8-21(24(10-15)36-3)37-14-25(30)31/h4-11,13,18H,12,14H2,1-3H3,(H2,30,31)/t18-/m0/s1. The molecule has 3 aromatic carbocycles. The number of hydrogen-bond donors (Lipinski definition) is 1. The Morgan fingerprint density at radius 2 is 1.64 bits per heavy atom. The smallest absolute Gasteiger partial charge is 0.312 e. The second-order valence-corrected chi connectivity index (χ2v) is 8.80. The van der Waals surface area contributed by atoms with Gasteiger partial charge in [-0.25, -0.2) is 0 Å². The number of primary amides is 1. The summed E-state index contributed by atoms with van der Waals surface area (Å²) in [5.41, 5.74) is 7.45. The highest BCUT2D eigenvalue weighted by Crippen LogP contribution is 2.44. The van der Waals surface area contributed by atoms with Crippen LogP contribution in [0.25, 0.3) is 22.1 Å². The molecule has 0 radical (unpaired) electrons. The number of fused-ring (bicyclic) bond motifs is 3. The van der Waals surface area contributed by atoms with E-state index in [0.717, 1.165) is 0 Å². The zero-order valence-corrected chi connectivity index (χ0v) is 21.4. The summed E-state index contributed by atoms with van der Waals surface area (Å²) < 4.78 is 33.1. The quantitative estimate of drug-likeness (QED) is 0.266. The first-order chi connectivity index (χ1) is 18.8. The zero-order valence-electron chi connectivity index (χ0n) is 21.4. The Balaban J connectivity index is 1.63. The van der Waals surface area contributed by atoms with Crippen LogP contribution in [0, 0.1) is 0 Å². The third-order valence-electron chi connectivity index (χ3n) is 6.54. The molecule has 2 N–H and O–H groups in total. The molecule has 10 nitrogen and oxygen atoms in total. The Kier molecular flexibility index (Phi) is 6.84. The van der Waals surface area contributed by atoms with Gasteiger partial charge < -0.3 is 33.8 Å². The maximum absolute atomic E-state index is 13.6. The average Bonchev–Trinajstić information content (AvgIpc) is 2.95. The van der Waals surface area contributed by atoms with E-state index in [4.69, 9.17) is 33.8 Å². The molecular formula is C29H25NO9. The van der Waals surface area contributed by atoms with Crippen LogP contribution in [0.2, 0.25) is 0 Å². The van der Waals surface area contributed by atoms with E-state index in [9.17, 15) is 14.4 Å². The number of nitrogens with two attached hydrogens (primary N) is 1. The van der Waals surface area contributed by atoms with Crippen LogP contribution in [0.3, 0.4) is 0 Å². The molecule has 0 spiro atoms. The summed E-state index contributed by atoms with van der Waals surface area (Å²) in [7, 11) is 4.51. The normalized spacial score (nSPS) is 14.3. The minimum Gasteiger partial charge on any atom is -0.493 e. The summed E-state index contributed by atoms with van der Waals surface area (Å²) in [6, 6.07) is 13.4. The van der Waals surface area contributed by atoms with Gasteiger partial charge in [0.1, 0.15) is 17.6 Å². The molecular weight excluding hydrogens is 506 g/mol. The maximum atomic E-state index is 13.6. The Hall–Kier alpha value is -4.99. The molecule has 1 atom stereocenters. The Bertz CT molecular complexity index is 1660. The number of hydrogen-bond acceptors (Lipinski definition) is 9. The van der Waals surface area contributed by atoms with Crippen molar-refractivity contribution in [3.8, 4) is 39.9 Å². The molecule has 1 amide bonds. The molecule has 1 aliphatic heterocycles. The summed E-state index contributed by atoms with van der Waals surface area (Å²) in [4.78, 5) is 37.3. The van der Waals surface area contributed by atoms with Crippen molar-refractivity contribution in [2.75, 3.05) is 27.9 Å². The van der Waals surface area contributed by atoms with Gasteiger partial charge in [-0.3, -0.25) is 14.4 Å². The topological polar surface area (TPSA) is 137 Å². The molecule has 10 heteroatoms. The van der Waals surface area contributed by atoms with Crippen molar-refractivity contribution < 1.29 is 37.7 Å². The predicted octanol–water partition coefficient (Wildman–Crippen LogP) is 3.79. The Labute approximate surface area is 222 Å². The molecule has 0 saturated carbocycles. The predicted molar refractivity (Wildman–Crippen MR) is 141 cm³/mol. The first-order valence-electron chi connectivity index (χ1n) is 11.9. The molecule has 1 aromatic heterocycles. The van der Waals surface area contributed by atoms with E-state index >= 15 is 0 Å². The molecule has 0 unspecified atom stereocenters. The van der Waals surface area contributed by atoms with Gasteiger partial charge in [0, 0.05) is 11.5 Å². The fourth-order valence-corrected chi connectivity index (χ4v) is 4.71. The van der Waals surface area contributed by atoms with Gasteiger partial charge in [-0.15, -0.1) is 0 Å².